The number of rotatable bonds is 8. The molecule has 0 fully saturated rings. The number of anilines is 1. The summed E-state index contributed by atoms with van der Waals surface area (Å²) in [5, 5.41) is 25.1. The summed E-state index contributed by atoms with van der Waals surface area (Å²) in [7, 11) is 1.55. The number of ether oxygens (including phenoxy) is 3. The van der Waals surface area contributed by atoms with Gasteiger partial charge in [-0.05, 0) is 44.0 Å². The van der Waals surface area contributed by atoms with Crippen molar-refractivity contribution in [3.63, 3.8) is 0 Å². The van der Waals surface area contributed by atoms with Crippen LogP contribution >= 0.6 is 0 Å². The normalized spacial score (nSPS) is 18.9. The molecule has 1 aliphatic rings. The Morgan fingerprint density at radius 3 is 2.56 bits per heavy atom. The van der Waals surface area contributed by atoms with E-state index in [2.05, 4.69) is 5.32 Å². The zero-order valence-corrected chi connectivity index (χ0v) is 18.6. The first-order chi connectivity index (χ1) is 15.2. The van der Waals surface area contributed by atoms with Crippen LogP contribution in [-0.4, -0.2) is 41.4 Å². The van der Waals surface area contributed by atoms with Gasteiger partial charge in [0.25, 0.3) is 5.69 Å². The van der Waals surface area contributed by atoms with E-state index in [1.54, 1.807) is 45.2 Å². The van der Waals surface area contributed by atoms with Crippen molar-refractivity contribution in [1.29, 1.82) is 0 Å². The summed E-state index contributed by atoms with van der Waals surface area (Å²) < 4.78 is 16.8. The van der Waals surface area contributed by atoms with Crippen LogP contribution < -0.4 is 14.8 Å². The van der Waals surface area contributed by atoms with Crippen molar-refractivity contribution in [2.45, 2.75) is 51.4 Å². The van der Waals surface area contributed by atoms with Gasteiger partial charge >= 0.3 is 0 Å². The Morgan fingerprint density at radius 2 is 1.97 bits per heavy atom. The zero-order chi connectivity index (χ0) is 23.5. The summed E-state index contributed by atoms with van der Waals surface area (Å²) in [5.74, 6) is 0.502. The highest BCUT2D eigenvalue weighted by Gasteiger charge is 2.44. The first kappa shape index (κ1) is 23.5. The number of carbonyl (C=O) groups is 1. The third-order valence-corrected chi connectivity index (χ3v) is 5.30. The molecule has 1 amide bonds. The lowest BCUT2D eigenvalue weighted by atomic mass is 9.88. The van der Waals surface area contributed by atoms with Crippen molar-refractivity contribution >= 4 is 17.3 Å². The van der Waals surface area contributed by atoms with Crippen molar-refractivity contribution in [2.75, 3.05) is 19.0 Å². The number of nitrogens with one attached hydrogen (secondary N) is 1. The van der Waals surface area contributed by atoms with Crippen molar-refractivity contribution in [1.82, 2.24) is 0 Å². The zero-order valence-electron chi connectivity index (χ0n) is 18.6. The van der Waals surface area contributed by atoms with Gasteiger partial charge in [0.15, 0.2) is 0 Å². The van der Waals surface area contributed by atoms with Gasteiger partial charge in [0.1, 0.15) is 35.0 Å². The van der Waals surface area contributed by atoms with Gasteiger partial charge in [-0.15, -0.1) is 0 Å². The third kappa shape index (κ3) is 5.00. The first-order valence-corrected chi connectivity index (χ1v) is 10.4. The molecule has 0 spiro atoms. The number of carbonyl (C=O) groups excluding carboxylic acids is 1. The van der Waals surface area contributed by atoms with E-state index in [0.29, 0.717) is 17.9 Å². The molecule has 1 heterocycles. The van der Waals surface area contributed by atoms with Crippen LogP contribution in [0.2, 0.25) is 0 Å². The Morgan fingerprint density at radius 1 is 1.28 bits per heavy atom. The minimum absolute atomic E-state index is 0.0212. The van der Waals surface area contributed by atoms with Crippen molar-refractivity contribution in [3.05, 3.63) is 57.6 Å². The highest BCUT2D eigenvalue weighted by molar-refractivity contribution is 5.95. The van der Waals surface area contributed by atoms with E-state index < -0.39 is 28.6 Å². The molecule has 2 unspecified atom stereocenters. The largest absolute Gasteiger partial charge is 0.497 e. The van der Waals surface area contributed by atoms with Crippen LogP contribution in [0.15, 0.2) is 36.4 Å². The molecule has 9 nitrogen and oxygen atoms in total. The van der Waals surface area contributed by atoms with Gasteiger partial charge in [-0.3, -0.25) is 14.9 Å². The van der Waals surface area contributed by atoms with Crippen LogP contribution in [0.5, 0.6) is 11.5 Å². The SMILES string of the molecule is CCCOC1c2cc(NC(=O)Cc3ccc(OC)cc3)c([N+](=O)[O-])cc2OC(C)(C)C1O. The van der Waals surface area contributed by atoms with Crippen LogP contribution in [0.1, 0.15) is 44.4 Å². The lowest BCUT2D eigenvalue weighted by molar-refractivity contribution is -0.384. The maximum Gasteiger partial charge on any atom is 0.296 e. The highest BCUT2D eigenvalue weighted by Crippen LogP contribution is 2.45. The van der Waals surface area contributed by atoms with Crippen molar-refractivity contribution < 1.29 is 29.0 Å². The van der Waals surface area contributed by atoms with Gasteiger partial charge in [-0.1, -0.05) is 19.1 Å². The number of fused-ring (bicyclic) bond motifs is 1. The van der Waals surface area contributed by atoms with Gasteiger partial charge in [0, 0.05) is 12.2 Å². The molecule has 2 N–H and O–H groups in total. The molecule has 0 saturated carbocycles. The van der Waals surface area contributed by atoms with E-state index in [9.17, 15) is 20.0 Å². The summed E-state index contributed by atoms with van der Waals surface area (Å²) >= 11 is 0. The second-order valence-electron chi connectivity index (χ2n) is 8.18. The second kappa shape index (κ2) is 9.54. The number of aliphatic hydroxyl groups is 1. The summed E-state index contributed by atoms with van der Waals surface area (Å²) in [5.41, 5.74) is -0.0939. The number of hydrogen-bond donors (Lipinski definition) is 2. The molecule has 0 aromatic heterocycles. The number of methoxy groups -OCH3 is 1. The smallest absolute Gasteiger partial charge is 0.296 e. The average Bonchev–Trinajstić information content (AvgIpc) is 2.74. The summed E-state index contributed by atoms with van der Waals surface area (Å²) in [6, 6.07) is 9.70. The van der Waals surface area contributed by atoms with Gasteiger partial charge in [0.05, 0.1) is 24.5 Å². The van der Waals surface area contributed by atoms with E-state index in [1.165, 1.54) is 12.1 Å². The molecule has 2 aromatic carbocycles. The van der Waals surface area contributed by atoms with Crippen LogP contribution in [-0.2, 0) is 16.0 Å². The second-order valence-corrected chi connectivity index (χ2v) is 8.18. The van der Waals surface area contributed by atoms with Gasteiger partial charge in [-0.2, -0.15) is 0 Å². The molecule has 0 aliphatic carbocycles. The van der Waals surface area contributed by atoms with Gasteiger partial charge < -0.3 is 24.6 Å². The molecule has 9 heteroatoms. The first-order valence-electron chi connectivity index (χ1n) is 10.4. The number of nitrogens with zero attached hydrogens (tertiary/aromatic N) is 1. The number of nitro groups is 1. The Bertz CT molecular complexity index is 989. The maximum atomic E-state index is 12.6. The molecule has 2 atom stereocenters. The molecule has 2 aromatic rings. The van der Waals surface area contributed by atoms with Crippen molar-refractivity contribution in [3.8, 4) is 11.5 Å². The van der Waals surface area contributed by atoms with Crippen LogP contribution in [0.3, 0.4) is 0 Å². The molecule has 1 aliphatic heterocycles. The average molecular weight is 444 g/mol. The molecule has 3 rings (SSSR count). The number of benzene rings is 2. The van der Waals surface area contributed by atoms with Crippen LogP contribution in [0.4, 0.5) is 11.4 Å². The summed E-state index contributed by atoms with van der Waals surface area (Å²) in [6.07, 6.45) is -0.976. The number of hydrogen-bond acceptors (Lipinski definition) is 7. The van der Waals surface area contributed by atoms with Crippen LogP contribution in [0.25, 0.3) is 0 Å². The molecular formula is C23H28N2O7. The minimum Gasteiger partial charge on any atom is -0.497 e. The third-order valence-electron chi connectivity index (χ3n) is 5.30. The number of aliphatic hydroxyl groups excluding tert-OH is 1. The quantitative estimate of drug-likeness (QED) is 0.469. The van der Waals surface area contributed by atoms with Crippen LogP contribution in [0, 0.1) is 10.1 Å². The molecule has 0 saturated heterocycles. The number of amides is 1. The topological polar surface area (TPSA) is 120 Å². The Hall–Kier alpha value is -3.17. The molecular weight excluding hydrogens is 416 g/mol. The monoisotopic (exact) mass is 444 g/mol. The Kier molecular flexibility index (Phi) is 7.00. The van der Waals surface area contributed by atoms with Gasteiger partial charge in [-0.25, -0.2) is 0 Å². The fraction of sp³-hybridized carbons (Fsp3) is 0.435. The van der Waals surface area contributed by atoms with E-state index in [0.717, 1.165) is 12.0 Å². The molecule has 32 heavy (non-hydrogen) atoms. The fourth-order valence-corrected chi connectivity index (χ4v) is 3.58. The maximum absolute atomic E-state index is 12.6. The van der Waals surface area contributed by atoms with E-state index in [4.69, 9.17) is 14.2 Å². The minimum atomic E-state index is -1.00. The summed E-state index contributed by atoms with van der Waals surface area (Å²) in [4.78, 5) is 23.7. The number of nitro benzene ring substituents is 1. The Labute approximate surface area is 186 Å². The van der Waals surface area contributed by atoms with E-state index >= 15 is 0 Å². The van der Waals surface area contributed by atoms with Crippen molar-refractivity contribution in [2.24, 2.45) is 0 Å². The predicted octanol–water partition coefficient (Wildman–Crippen LogP) is 3.78. The fourth-order valence-electron chi connectivity index (χ4n) is 3.58. The molecule has 0 bridgehead atoms. The van der Waals surface area contributed by atoms with E-state index in [1.807, 2.05) is 6.92 Å². The molecule has 0 radical (unpaired) electrons. The lowest BCUT2D eigenvalue weighted by Gasteiger charge is -2.41. The predicted molar refractivity (Wildman–Crippen MR) is 118 cm³/mol. The standard InChI is InChI=1S/C23H28N2O7/c1-5-10-31-21-16-12-17(24-20(26)11-14-6-8-15(30-4)9-7-14)18(25(28)29)13-19(16)32-23(2,3)22(21)27/h6-9,12-13,21-22,27H,5,10-11H2,1-4H3,(H,24,26). The Balaban J connectivity index is 1.92. The molecule has 172 valence electrons. The summed E-state index contributed by atoms with van der Waals surface area (Å²) in [6.45, 7) is 5.73. The van der Waals surface area contributed by atoms with E-state index in [-0.39, 0.29) is 23.5 Å². The highest BCUT2D eigenvalue weighted by atomic mass is 16.6. The lowest BCUT2D eigenvalue weighted by Crippen LogP contribution is -2.49. The van der Waals surface area contributed by atoms with Gasteiger partial charge in [0.2, 0.25) is 5.91 Å².